The minimum absolute atomic E-state index is 0. The van der Waals surface area contributed by atoms with Gasteiger partial charge in [0, 0.05) is 130 Å². The average Bonchev–Trinajstić information content (AvgIpc) is 0.814. The van der Waals surface area contributed by atoms with Crippen molar-refractivity contribution in [3.63, 3.8) is 0 Å². The molecule has 134 heavy (non-hydrogen) atoms. The van der Waals surface area contributed by atoms with Crippen molar-refractivity contribution in [1.82, 2.24) is 74.9 Å². The molecule has 0 aliphatic rings. The lowest BCUT2D eigenvalue weighted by Crippen LogP contribution is -2.34. The molecule has 0 fully saturated rings. The molecular formula is C93H143AlCl4N22O14. The Balaban J connectivity index is 0.000000799. The Morgan fingerprint density at radius 1 is 0.403 bits per heavy atom. The van der Waals surface area contributed by atoms with Gasteiger partial charge in [-0.05, 0) is 230 Å². The molecule has 36 nitrogen and oxygen atoms in total. The SMILES string of the molecule is CC(C)(C)OC(=O)NCCCCCN.CCOC(=O)c1cccn(C(C)c2ccc(Cl)cc2)c1=O.COc1ccnc(Cl)n1.COc1ccnc(NCCCCCN)n1.COc1ccnc(NCCCCCN)n1.COc1ccnc(NCCCCCNC(=O)OC(C)(C)C)n1.COc1ccnc(NCCCCCNC(=O)c2cccn(C(C)c3ccc(Cl)cc3)c2=O)n1.Cl.[CH3][Al]([CH3])[CH3]. The minimum Gasteiger partial charge on any atom is -0.481 e. The number of aromatic nitrogens is 12. The fourth-order valence-corrected chi connectivity index (χ4v) is 11.3. The van der Waals surface area contributed by atoms with Crippen molar-refractivity contribution in [3.8, 4) is 29.4 Å². The number of hydrogen-bond acceptors (Lipinski definition) is 31. The first-order valence-corrected chi connectivity index (χ1v) is 49.2. The van der Waals surface area contributed by atoms with E-state index in [9.17, 15) is 28.8 Å². The van der Waals surface area contributed by atoms with Crippen LogP contribution in [0.4, 0.5) is 33.4 Å². The van der Waals surface area contributed by atoms with Crippen LogP contribution in [0.15, 0.2) is 156 Å². The van der Waals surface area contributed by atoms with E-state index in [1.807, 2.05) is 79.7 Å². The van der Waals surface area contributed by atoms with Crippen LogP contribution < -0.4 is 89.2 Å². The number of unbranched alkanes of at least 4 members (excludes halogenated alkanes) is 10. The highest BCUT2D eigenvalue weighted by molar-refractivity contribution is 6.54. The van der Waals surface area contributed by atoms with Gasteiger partial charge in [-0.25, -0.2) is 39.3 Å². The van der Waals surface area contributed by atoms with Crippen molar-refractivity contribution in [2.75, 3.05) is 129 Å². The summed E-state index contributed by atoms with van der Waals surface area (Å²) >= 11 is 17.1. The zero-order valence-corrected chi connectivity index (χ0v) is 85.1. The largest absolute Gasteiger partial charge is 0.481 e. The molecule has 0 saturated heterocycles. The highest BCUT2D eigenvalue weighted by Gasteiger charge is 2.21. The fraction of sp³-hybridized carbons (Fsp3) is 0.505. The van der Waals surface area contributed by atoms with Crippen molar-refractivity contribution in [2.24, 2.45) is 17.2 Å². The van der Waals surface area contributed by atoms with E-state index >= 15 is 0 Å². The van der Waals surface area contributed by atoms with Crippen molar-refractivity contribution >= 4 is 109 Å². The zero-order valence-electron chi connectivity index (χ0n) is 80.8. The van der Waals surface area contributed by atoms with Crippen molar-refractivity contribution in [1.29, 1.82) is 0 Å². The van der Waals surface area contributed by atoms with Crippen molar-refractivity contribution < 1.29 is 57.1 Å². The van der Waals surface area contributed by atoms with Crippen LogP contribution in [0.1, 0.15) is 203 Å². The van der Waals surface area contributed by atoms with E-state index in [0.29, 0.717) is 96.0 Å². The van der Waals surface area contributed by atoms with E-state index in [2.05, 4.69) is 104 Å². The fourth-order valence-electron chi connectivity index (χ4n) is 10.9. The lowest BCUT2D eigenvalue weighted by atomic mass is 10.1. The number of carbonyl (C=O) groups is 4. The van der Waals surface area contributed by atoms with Gasteiger partial charge in [0.2, 0.25) is 58.5 Å². The molecule has 2 unspecified atom stereocenters. The van der Waals surface area contributed by atoms with E-state index in [1.54, 1.807) is 150 Å². The molecule has 0 aliphatic heterocycles. The van der Waals surface area contributed by atoms with Gasteiger partial charge in [-0.2, -0.15) is 24.9 Å². The number of amides is 3. The number of pyridine rings is 2. The highest BCUT2D eigenvalue weighted by Crippen LogP contribution is 2.22. The topological polar surface area (TPSA) is 477 Å². The molecule has 7 aromatic heterocycles. The summed E-state index contributed by atoms with van der Waals surface area (Å²) in [5.41, 5.74) is 16.6. The number of hydrogen-bond donors (Lipinski definition) is 10. The summed E-state index contributed by atoms with van der Waals surface area (Å²) in [4.78, 5) is 113. The molecule has 0 radical (unpaired) electrons. The average molecular weight is 1960 g/mol. The Morgan fingerprint density at radius 3 is 0.978 bits per heavy atom. The van der Waals surface area contributed by atoms with Crippen LogP contribution in [0.5, 0.6) is 29.4 Å². The second kappa shape index (κ2) is 72.5. The number of alkyl carbamates (subject to hydrolysis) is 2. The van der Waals surface area contributed by atoms with Gasteiger partial charge in [-0.15, -0.1) is 29.8 Å². The van der Waals surface area contributed by atoms with Crippen LogP contribution >= 0.6 is 47.2 Å². The van der Waals surface area contributed by atoms with Gasteiger partial charge in [-0.3, -0.25) is 14.4 Å². The molecule has 0 bridgehead atoms. The Morgan fingerprint density at radius 2 is 0.687 bits per heavy atom. The van der Waals surface area contributed by atoms with E-state index in [-0.39, 0.29) is 90.9 Å². The molecule has 0 aliphatic carbocycles. The Hall–Kier alpha value is -11.0. The molecule has 0 spiro atoms. The molecule has 3 amide bonds. The number of anilines is 4. The third kappa shape index (κ3) is 56.9. The predicted molar refractivity (Wildman–Crippen MR) is 538 cm³/mol. The predicted octanol–water partition coefficient (Wildman–Crippen LogP) is 16.4. The van der Waals surface area contributed by atoms with Crippen LogP contribution in [0, 0.1) is 0 Å². The second-order valence-corrected chi connectivity index (χ2v) is 36.4. The molecule has 0 saturated carbocycles. The maximum Gasteiger partial charge on any atom is 0.407 e. The highest BCUT2D eigenvalue weighted by atomic mass is 35.5. The molecule has 9 aromatic rings. The van der Waals surface area contributed by atoms with Crippen LogP contribution in [-0.2, 0) is 14.2 Å². The number of methoxy groups -OCH3 is 5. The summed E-state index contributed by atoms with van der Waals surface area (Å²) in [6.07, 6.45) is 25.9. The summed E-state index contributed by atoms with van der Waals surface area (Å²) in [5, 5.41) is 22.3. The normalized spacial score (nSPS) is 10.7. The molecule has 13 N–H and O–H groups in total. The summed E-state index contributed by atoms with van der Waals surface area (Å²) in [6, 6.07) is 29.0. The van der Waals surface area contributed by atoms with E-state index in [0.717, 1.165) is 140 Å². The first-order chi connectivity index (χ1) is 63.7. The Kier molecular flexibility index (Phi) is 65.4. The number of nitrogens with one attached hydrogen (secondary N) is 7. The summed E-state index contributed by atoms with van der Waals surface area (Å²) in [6.45, 7) is 24.1. The molecule has 740 valence electrons. The number of ether oxygens (including phenoxy) is 8. The van der Waals surface area contributed by atoms with Crippen LogP contribution in [0.2, 0.25) is 32.7 Å². The number of nitrogens with zero attached hydrogens (tertiary/aromatic N) is 12. The third-order valence-electron chi connectivity index (χ3n) is 17.5. The molecule has 9 rings (SSSR count). The molecular weight excluding hydrogens is 1820 g/mol. The van der Waals surface area contributed by atoms with E-state index in [1.165, 1.54) is 23.9 Å². The number of nitrogens with two attached hydrogens (primary N) is 3. The summed E-state index contributed by atoms with van der Waals surface area (Å²) < 4.78 is 43.0. The van der Waals surface area contributed by atoms with Gasteiger partial charge in [0.25, 0.3) is 31.2 Å². The van der Waals surface area contributed by atoms with Gasteiger partial charge in [0.15, 0.2) is 0 Å². The molecule has 41 heteroatoms. The second-order valence-electron chi connectivity index (χ2n) is 31.7. The monoisotopic (exact) mass is 1960 g/mol. The number of rotatable bonds is 43. The third-order valence-corrected chi connectivity index (χ3v) is 18.2. The van der Waals surface area contributed by atoms with Gasteiger partial charge >= 0.3 is 18.2 Å². The van der Waals surface area contributed by atoms with E-state index < -0.39 is 17.2 Å². The zero-order chi connectivity index (χ0) is 98.6. The standard InChI is InChI=1S/C24H28ClN5O3.C16H16ClNO3.C15H26N4O3.2C10H18N4O.C10H22N2O2.C5H5ClN2O.3CH3.Al.ClH/c1-17(18-8-10-19(25)11-9-18)30-16-6-7-20(23(30)32)22(31)26-13-4-3-5-14-27-24-28-15-12-21(29-24)33-2;1-3-21-16(20)14-5-4-10-18(15(14)19)11(2)12-6-8-13(17)9-7-12;1-15(2,3)22-14(20)18-10-7-5-6-9-16-13-17-11-8-12(19-13)21-4;2*1-15-9-5-8-13-10(14-9)12-7-4-2-3-6-11;1-10(2,3)14-9(13)12-8-6-4-5-7-11;1-9-4-2-3-7-5(6)8-4;;;;;/h6-12,15-17H,3-5,13-14H2,1-2H3,(H,26,31)(H,27,28,29);4-11H,3H2,1-2H3;8,11H,5-7,9-10H2,1-4H3,(H,18,20)(H,16,17,19);2*5,8H,2-4,6-7,11H2,1H3,(H,12,13,14);4-8,11H2,1-3H3,(H,12,13);2-3H,1H3;3*1H3;;1H. The summed E-state index contributed by atoms with van der Waals surface area (Å²) in [5.74, 6) is 11.0. The van der Waals surface area contributed by atoms with Gasteiger partial charge in [0.1, 0.15) is 22.3 Å². The van der Waals surface area contributed by atoms with E-state index in [4.69, 9.17) is 89.9 Å². The lowest BCUT2D eigenvalue weighted by molar-refractivity contribution is 0.0514. The first kappa shape index (κ1) is 121. The van der Waals surface area contributed by atoms with Crippen molar-refractivity contribution in [2.45, 2.75) is 199 Å². The van der Waals surface area contributed by atoms with Gasteiger partial charge in [-0.1, -0.05) is 66.7 Å². The molecule has 2 aromatic carbocycles. The molecule has 2 atom stereocenters. The van der Waals surface area contributed by atoms with Crippen LogP contribution in [0.3, 0.4) is 0 Å². The lowest BCUT2D eigenvalue weighted by Gasteiger charge is -2.19. The van der Waals surface area contributed by atoms with Crippen LogP contribution in [-0.4, -0.2) is 216 Å². The Bertz CT molecular complexity index is 4740. The smallest absolute Gasteiger partial charge is 0.407 e. The number of esters is 1. The van der Waals surface area contributed by atoms with Gasteiger partial charge in [0.05, 0.1) is 54.2 Å². The maximum absolute atomic E-state index is 12.9. The summed E-state index contributed by atoms with van der Waals surface area (Å²) in [7, 11) is 7.84. The maximum atomic E-state index is 12.9. The number of halogens is 4. The number of benzene rings is 2. The number of carbonyl (C=O) groups excluding carboxylic acids is 4. The first-order valence-electron chi connectivity index (χ1n) is 44.6. The molecule has 7 heterocycles. The quantitative estimate of drug-likeness (QED) is 0.00558. The van der Waals surface area contributed by atoms with Gasteiger partial charge < -0.3 is 101 Å². The Labute approximate surface area is 815 Å². The van der Waals surface area contributed by atoms with Crippen molar-refractivity contribution in [3.05, 3.63) is 205 Å². The van der Waals surface area contributed by atoms with Crippen LogP contribution in [0.25, 0.3) is 0 Å². The minimum atomic E-state index is -0.597.